The predicted octanol–water partition coefficient (Wildman–Crippen LogP) is 2.84. The first kappa shape index (κ1) is 17.4. The fourth-order valence-electron chi connectivity index (χ4n) is 3.12. The van der Waals surface area contributed by atoms with Crippen LogP contribution in [0.15, 0.2) is 42.5 Å². The quantitative estimate of drug-likeness (QED) is 0.878. The lowest BCUT2D eigenvalue weighted by atomic mass is 10.1. The van der Waals surface area contributed by atoms with E-state index >= 15 is 0 Å². The highest BCUT2D eigenvalue weighted by atomic mass is 16.5. The Morgan fingerprint density at radius 3 is 2.80 bits per heavy atom. The van der Waals surface area contributed by atoms with E-state index in [1.807, 2.05) is 43.3 Å². The summed E-state index contributed by atoms with van der Waals surface area (Å²) in [5, 5.41) is 19.0. The number of hydrogen-bond donors (Lipinski definition) is 1. The SMILES string of the molecule is Cc1ccc(C#N)c(O[C@H](CCN2CC[C@H](O)C2)c2ccccc2)n1. The zero-order valence-corrected chi connectivity index (χ0v) is 14.4. The van der Waals surface area contributed by atoms with Crippen LogP contribution in [0.3, 0.4) is 0 Å². The van der Waals surface area contributed by atoms with Crippen molar-refractivity contribution in [2.75, 3.05) is 19.6 Å². The monoisotopic (exact) mass is 337 g/mol. The maximum atomic E-state index is 9.70. The van der Waals surface area contributed by atoms with Gasteiger partial charge >= 0.3 is 0 Å². The lowest BCUT2D eigenvalue weighted by molar-refractivity contribution is 0.150. The Balaban J connectivity index is 1.77. The smallest absolute Gasteiger partial charge is 0.232 e. The van der Waals surface area contributed by atoms with Gasteiger partial charge in [0.25, 0.3) is 0 Å². The summed E-state index contributed by atoms with van der Waals surface area (Å²) in [6.07, 6.45) is 1.20. The van der Waals surface area contributed by atoms with E-state index in [0.29, 0.717) is 18.0 Å². The number of hydrogen-bond acceptors (Lipinski definition) is 5. The summed E-state index contributed by atoms with van der Waals surface area (Å²) in [5.41, 5.74) is 2.33. The van der Waals surface area contributed by atoms with Crippen molar-refractivity contribution in [2.45, 2.75) is 32.0 Å². The molecule has 1 N–H and O–H groups in total. The summed E-state index contributed by atoms with van der Waals surface area (Å²) in [7, 11) is 0. The van der Waals surface area contributed by atoms with Crippen molar-refractivity contribution in [3.8, 4) is 11.9 Å². The van der Waals surface area contributed by atoms with Gasteiger partial charge in [-0.2, -0.15) is 5.26 Å². The molecule has 2 atom stereocenters. The van der Waals surface area contributed by atoms with Gasteiger partial charge in [0.2, 0.25) is 5.88 Å². The molecule has 1 fully saturated rings. The minimum absolute atomic E-state index is 0.180. The molecule has 2 aromatic rings. The standard InChI is InChI=1S/C20H23N3O2/c1-15-7-8-17(13-21)20(22-15)25-19(16-5-3-2-4-6-16)10-12-23-11-9-18(24)14-23/h2-8,18-19,24H,9-12,14H2,1H3/t18-,19+/m0/s1. The van der Waals surface area contributed by atoms with E-state index in [1.165, 1.54) is 0 Å². The van der Waals surface area contributed by atoms with Crippen LogP contribution in [0.1, 0.15) is 35.8 Å². The third-order valence-electron chi connectivity index (χ3n) is 4.50. The van der Waals surface area contributed by atoms with Crippen molar-refractivity contribution in [1.29, 1.82) is 5.26 Å². The van der Waals surface area contributed by atoms with Gasteiger partial charge in [0, 0.05) is 31.7 Å². The maximum absolute atomic E-state index is 9.70. The number of aryl methyl sites for hydroxylation is 1. The minimum Gasteiger partial charge on any atom is -0.468 e. The molecule has 0 unspecified atom stereocenters. The van der Waals surface area contributed by atoms with Gasteiger partial charge in [0.1, 0.15) is 17.7 Å². The number of benzene rings is 1. The van der Waals surface area contributed by atoms with E-state index in [-0.39, 0.29) is 12.2 Å². The summed E-state index contributed by atoms with van der Waals surface area (Å²) < 4.78 is 6.17. The lowest BCUT2D eigenvalue weighted by Crippen LogP contribution is -2.25. The van der Waals surface area contributed by atoms with Crippen molar-refractivity contribution >= 4 is 0 Å². The largest absolute Gasteiger partial charge is 0.468 e. The highest BCUT2D eigenvalue weighted by molar-refractivity contribution is 5.39. The number of aliphatic hydroxyl groups excluding tert-OH is 1. The van der Waals surface area contributed by atoms with E-state index in [1.54, 1.807) is 6.07 Å². The average molecular weight is 337 g/mol. The molecular formula is C20H23N3O2. The van der Waals surface area contributed by atoms with Crippen LogP contribution >= 0.6 is 0 Å². The number of rotatable bonds is 6. The second-order valence-electron chi connectivity index (χ2n) is 6.47. The molecule has 1 aliphatic rings. The second kappa shape index (κ2) is 8.11. The first-order valence-electron chi connectivity index (χ1n) is 8.65. The number of likely N-dealkylation sites (tertiary alicyclic amines) is 1. The molecule has 0 amide bonds. The highest BCUT2D eigenvalue weighted by Crippen LogP contribution is 2.27. The lowest BCUT2D eigenvalue weighted by Gasteiger charge is -2.23. The van der Waals surface area contributed by atoms with Crippen LogP contribution in [0, 0.1) is 18.3 Å². The van der Waals surface area contributed by atoms with Gasteiger partial charge in [0.15, 0.2) is 0 Å². The number of nitrogens with zero attached hydrogens (tertiary/aromatic N) is 3. The van der Waals surface area contributed by atoms with E-state index in [4.69, 9.17) is 4.74 Å². The molecule has 0 aliphatic carbocycles. The Kier molecular flexibility index (Phi) is 5.64. The number of aliphatic hydroxyl groups is 1. The molecule has 0 radical (unpaired) electrons. The highest BCUT2D eigenvalue weighted by Gasteiger charge is 2.23. The minimum atomic E-state index is -0.222. The summed E-state index contributed by atoms with van der Waals surface area (Å²) in [6.45, 7) is 4.35. The Bertz CT molecular complexity index is 742. The van der Waals surface area contributed by atoms with Gasteiger partial charge in [-0.25, -0.2) is 4.98 Å². The molecule has 3 rings (SSSR count). The summed E-state index contributed by atoms with van der Waals surface area (Å²) in [4.78, 5) is 6.65. The number of aromatic nitrogens is 1. The molecule has 5 nitrogen and oxygen atoms in total. The molecule has 1 saturated heterocycles. The molecule has 1 aromatic heterocycles. The van der Waals surface area contributed by atoms with Crippen LogP contribution in [0.2, 0.25) is 0 Å². The first-order valence-corrected chi connectivity index (χ1v) is 8.65. The van der Waals surface area contributed by atoms with Crippen molar-refractivity contribution in [3.05, 3.63) is 59.3 Å². The number of pyridine rings is 1. The molecule has 1 aromatic carbocycles. The van der Waals surface area contributed by atoms with E-state index in [0.717, 1.165) is 37.2 Å². The number of nitriles is 1. The van der Waals surface area contributed by atoms with Crippen molar-refractivity contribution in [2.24, 2.45) is 0 Å². The van der Waals surface area contributed by atoms with Crippen molar-refractivity contribution in [1.82, 2.24) is 9.88 Å². The number of β-amino-alcohol motifs (C(OH)–C–C–N with tert-alkyl or cyclic N) is 1. The van der Waals surface area contributed by atoms with Crippen molar-refractivity contribution < 1.29 is 9.84 Å². The molecule has 1 aliphatic heterocycles. The number of ether oxygens (including phenoxy) is 1. The van der Waals surface area contributed by atoms with Gasteiger partial charge in [-0.15, -0.1) is 0 Å². The van der Waals surface area contributed by atoms with E-state index in [9.17, 15) is 10.4 Å². The summed E-state index contributed by atoms with van der Waals surface area (Å²) in [6, 6.07) is 15.7. The molecule has 2 heterocycles. The Morgan fingerprint density at radius 1 is 1.32 bits per heavy atom. The normalized spacial score (nSPS) is 18.7. The van der Waals surface area contributed by atoms with Crippen LogP contribution in [-0.2, 0) is 0 Å². The predicted molar refractivity (Wildman–Crippen MR) is 95.2 cm³/mol. The summed E-state index contributed by atoms with van der Waals surface area (Å²) in [5.74, 6) is 0.387. The Labute approximate surface area is 148 Å². The first-order chi connectivity index (χ1) is 12.2. The average Bonchev–Trinajstić information content (AvgIpc) is 3.05. The van der Waals surface area contributed by atoms with E-state index < -0.39 is 0 Å². The molecular weight excluding hydrogens is 314 g/mol. The van der Waals surface area contributed by atoms with E-state index in [2.05, 4.69) is 16.0 Å². The van der Waals surface area contributed by atoms with Crippen molar-refractivity contribution in [3.63, 3.8) is 0 Å². The summed E-state index contributed by atoms with van der Waals surface area (Å²) >= 11 is 0. The van der Waals surface area contributed by atoms with Gasteiger partial charge in [0.05, 0.1) is 6.10 Å². The van der Waals surface area contributed by atoms with Crippen LogP contribution < -0.4 is 4.74 Å². The fourth-order valence-corrected chi connectivity index (χ4v) is 3.12. The second-order valence-corrected chi connectivity index (χ2v) is 6.47. The Morgan fingerprint density at radius 2 is 2.12 bits per heavy atom. The topological polar surface area (TPSA) is 69.4 Å². The molecule has 0 bridgehead atoms. The zero-order valence-electron chi connectivity index (χ0n) is 14.4. The third kappa shape index (κ3) is 4.56. The van der Waals surface area contributed by atoms with Crippen LogP contribution in [0.25, 0.3) is 0 Å². The molecule has 130 valence electrons. The van der Waals surface area contributed by atoms with Gasteiger partial charge in [-0.05, 0) is 31.0 Å². The van der Waals surface area contributed by atoms with Gasteiger partial charge in [-0.3, -0.25) is 0 Å². The molecule has 0 spiro atoms. The van der Waals surface area contributed by atoms with Crippen LogP contribution in [0.4, 0.5) is 0 Å². The van der Waals surface area contributed by atoms with Gasteiger partial charge in [-0.1, -0.05) is 30.3 Å². The van der Waals surface area contributed by atoms with Crippen LogP contribution in [-0.4, -0.2) is 40.7 Å². The maximum Gasteiger partial charge on any atom is 0.232 e. The zero-order chi connectivity index (χ0) is 17.6. The molecule has 0 saturated carbocycles. The molecule has 5 heteroatoms. The van der Waals surface area contributed by atoms with Crippen LogP contribution in [0.5, 0.6) is 5.88 Å². The third-order valence-corrected chi connectivity index (χ3v) is 4.50. The van der Waals surface area contributed by atoms with Gasteiger partial charge < -0.3 is 14.7 Å². The molecule has 25 heavy (non-hydrogen) atoms. The fraction of sp³-hybridized carbons (Fsp3) is 0.400. The Hall–Kier alpha value is -2.42.